The summed E-state index contributed by atoms with van der Waals surface area (Å²) < 4.78 is 37.2. The van der Waals surface area contributed by atoms with Gasteiger partial charge in [-0.2, -0.15) is 0 Å². The number of benzene rings is 2. The van der Waals surface area contributed by atoms with Crippen LogP contribution in [0.3, 0.4) is 0 Å². The summed E-state index contributed by atoms with van der Waals surface area (Å²) in [5.74, 6) is -0.430. The molecular formula is C24H23Cl2FN4O3S. The highest BCUT2D eigenvalue weighted by Gasteiger charge is 2.29. The third-order valence-electron chi connectivity index (χ3n) is 6.05. The average Bonchev–Trinajstić information content (AvgIpc) is 2.82. The van der Waals surface area contributed by atoms with Gasteiger partial charge in [0.25, 0.3) is 15.9 Å². The number of nitrogens with two attached hydrogens (primary N) is 1. The molecule has 3 N–H and O–H groups in total. The van der Waals surface area contributed by atoms with Crippen LogP contribution in [0.1, 0.15) is 40.2 Å². The van der Waals surface area contributed by atoms with Crippen LogP contribution in [0.25, 0.3) is 0 Å². The number of amides is 1. The number of halogens is 3. The number of piperidine rings is 1. The maximum atomic E-state index is 13.5. The minimum absolute atomic E-state index is 0.0799. The van der Waals surface area contributed by atoms with Gasteiger partial charge in [-0.1, -0.05) is 41.4 Å². The summed E-state index contributed by atoms with van der Waals surface area (Å²) in [7, 11) is -4.23. The predicted molar refractivity (Wildman–Crippen MR) is 134 cm³/mol. The lowest BCUT2D eigenvalue weighted by Crippen LogP contribution is -2.38. The molecule has 0 saturated carbocycles. The number of carbonyl (C=O) groups is 1. The van der Waals surface area contributed by atoms with Crippen LogP contribution in [0.2, 0.25) is 10.0 Å². The van der Waals surface area contributed by atoms with Gasteiger partial charge in [0, 0.05) is 30.0 Å². The number of anilines is 2. The number of hydrogen-bond acceptors (Lipinski definition) is 5. The van der Waals surface area contributed by atoms with Gasteiger partial charge in [0.05, 0.1) is 11.3 Å². The van der Waals surface area contributed by atoms with Crippen molar-refractivity contribution in [1.29, 1.82) is 0 Å². The van der Waals surface area contributed by atoms with Crippen LogP contribution in [-0.4, -0.2) is 37.3 Å². The lowest BCUT2D eigenvalue weighted by atomic mass is 9.89. The van der Waals surface area contributed by atoms with Gasteiger partial charge in [0.15, 0.2) is 5.03 Å². The molecule has 0 radical (unpaired) electrons. The number of primary sulfonamides is 1. The molecule has 1 amide bonds. The molecule has 1 aliphatic rings. The Kier molecular flexibility index (Phi) is 7.32. The van der Waals surface area contributed by atoms with E-state index < -0.39 is 15.0 Å². The summed E-state index contributed by atoms with van der Waals surface area (Å²) in [4.78, 5) is 19.0. The van der Waals surface area contributed by atoms with E-state index in [-0.39, 0.29) is 33.9 Å². The lowest BCUT2D eigenvalue weighted by Gasteiger charge is -2.32. The number of aromatic nitrogens is 1. The van der Waals surface area contributed by atoms with Crippen molar-refractivity contribution in [2.24, 2.45) is 5.14 Å². The summed E-state index contributed by atoms with van der Waals surface area (Å²) in [5, 5.41) is 7.96. The molecule has 7 nitrogen and oxygen atoms in total. The van der Waals surface area contributed by atoms with Gasteiger partial charge in [-0.25, -0.2) is 22.9 Å². The number of carbonyl (C=O) groups excluding carboxylic acids is 1. The highest BCUT2D eigenvalue weighted by Crippen LogP contribution is 2.36. The standard InChI is InChI=1S/C24H23Cl2FN4O3S/c1-14-2-7-18(12-20(14)25)30-22-19(13-29-23(21(22)26)35(28,33)34)24(32)31-10-8-16(9-11-31)15-3-5-17(27)6-4-15/h2-7,12-13,16H,8-11H2,1H3,(H,29,30)(H2,28,33,34). The van der Waals surface area contributed by atoms with Gasteiger partial charge in [0.2, 0.25) is 0 Å². The average molecular weight is 537 g/mol. The summed E-state index contributed by atoms with van der Waals surface area (Å²) in [5.41, 5.74) is 2.58. The van der Waals surface area contributed by atoms with E-state index in [4.69, 9.17) is 28.3 Å². The number of aryl methyl sites for hydroxylation is 1. The number of hydrogen-bond donors (Lipinski definition) is 2. The molecule has 2 heterocycles. The van der Waals surface area contributed by atoms with Crippen LogP contribution in [-0.2, 0) is 10.0 Å². The Balaban J connectivity index is 1.63. The van der Waals surface area contributed by atoms with Crippen LogP contribution < -0.4 is 10.5 Å². The van der Waals surface area contributed by atoms with Crippen LogP contribution >= 0.6 is 23.2 Å². The number of likely N-dealkylation sites (tertiary alicyclic amines) is 1. The van der Waals surface area contributed by atoms with Crippen molar-refractivity contribution in [2.75, 3.05) is 18.4 Å². The molecule has 0 bridgehead atoms. The molecular weight excluding hydrogens is 514 g/mol. The number of pyridine rings is 1. The molecule has 35 heavy (non-hydrogen) atoms. The molecule has 4 rings (SSSR count). The van der Waals surface area contributed by atoms with Gasteiger partial charge in [-0.05, 0) is 61.1 Å². The molecule has 1 fully saturated rings. The second-order valence-corrected chi connectivity index (χ2v) is 10.7. The van der Waals surface area contributed by atoms with E-state index >= 15 is 0 Å². The Hall–Kier alpha value is -2.72. The smallest absolute Gasteiger partial charge is 0.257 e. The Morgan fingerprint density at radius 1 is 1.14 bits per heavy atom. The first-order valence-corrected chi connectivity index (χ1v) is 13.1. The number of nitrogens with zero attached hydrogens (tertiary/aromatic N) is 2. The number of sulfonamides is 1. The first kappa shape index (κ1) is 25.4. The summed E-state index contributed by atoms with van der Waals surface area (Å²) >= 11 is 12.6. The molecule has 1 aromatic heterocycles. The summed E-state index contributed by atoms with van der Waals surface area (Å²) in [6, 6.07) is 11.6. The Labute approximate surface area is 213 Å². The van der Waals surface area contributed by atoms with Gasteiger partial charge < -0.3 is 10.2 Å². The third kappa shape index (κ3) is 5.59. The van der Waals surface area contributed by atoms with Gasteiger partial charge in [-0.15, -0.1) is 0 Å². The quantitative estimate of drug-likeness (QED) is 0.463. The van der Waals surface area contributed by atoms with Crippen LogP contribution in [0, 0.1) is 12.7 Å². The Morgan fingerprint density at radius 3 is 2.40 bits per heavy atom. The maximum absolute atomic E-state index is 13.5. The Morgan fingerprint density at radius 2 is 1.80 bits per heavy atom. The van der Waals surface area contributed by atoms with Gasteiger partial charge >= 0.3 is 0 Å². The topological polar surface area (TPSA) is 105 Å². The molecule has 0 atom stereocenters. The number of rotatable bonds is 5. The van der Waals surface area contributed by atoms with Crippen molar-refractivity contribution in [3.05, 3.63) is 81.2 Å². The molecule has 1 aliphatic heterocycles. The minimum atomic E-state index is -4.23. The maximum Gasteiger partial charge on any atom is 0.257 e. The van der Waals surface area contributed by atoms with Crippen LogP contribution in [0.5, 0.6) is 0 Å². The van der Waals surface area contributed by atoms with Gasteiger partial charge in [-0.3, -0.25) is 4.79 Å². The van der Waals surface area contributed by atoms with Crippen LogP contribution in [0.15, 0.2) is 53.7 Å². The van der Waals surface area contributed by atoms with E-state index in [1.807, 2.05) is 6.92 Å². The van der Waals surface area contributed by atoms with Crippen LogP contribution in [0.4, 0.5) is 15.8 Å². The molecule has 0 aliphatic carbocycles. The van der Waals surface area contributed by atoms with E-state index in [0.29, 0.717) is 36.6 Å². The fourth-order valence-electron chi connectivity index (χ4n) is 4.09. The van der Waals surface area contributed by atoms with Crippen molar-refractivity contribution in [2.45, 2.75) is 30.7 Å². The largest absolute Gasteiger partial charge is 0.353 e. The van der Waals surface area contributed by atoms with E-state index in [1.54, 1.807) is 35.2 Å². The second kappa shape index (κ2) is 10.1. The molecule has 0 unspecified atom stereocenters. The zero-order valence-corrected chi connectivity index (χ0v) is 21.1. The van der Waals surface area contributed by atoms with E-state index in [9.17, 15) is 17.6 Å². The molecule has 184 valence electrons. The zero-order valence-electron chi connectivity index (χ0n) is 18.8. The SMILES string of the molecule is Cc1ccc(Nc2c(C(=O)N3CCC(c4ccc(F)cc4)CC3)cnc(S(N)(=O)=O)c2Cl)cc1Cl. The molecule has 2 aromatic carbocycles. The lowest BCUT2D eigenvalue weighted by molar-refractivity contribution is 0.0713. The zero-order chi connectivity index (χ0) is 25.3. The van der Waals surface area contributed by atoms with Crippen molar-refractivity contribution in [3.63, 3.8) is 0 Å². The van der Waals surface area contributed by atoms with E-state index in [1.165, 1.54) is 12.1 Å². The molecule has 3 aromatic rings. The highest BCUT2D eigenvalue weighted by molar-refractivity contribution is 7.89. The monoisotopic (exact) mass is 536 g/mol. The summed E-state index contributed by atoms with van der Waals surface area (Å²) in [6.45, 7) is 2.77. The van der Waals surface area contributed by atoms with Crippen molar-refractivity contribution in [3.8, 4) is 0 Å². The Bertz CT molecular complexity index is 1380. The van der Waals surface area contributed by atoms with Gasteiger partial charge in [0.1, 0.15) is 10.8 Å². The highest BCUT2D eigenvalue weighted by atomic mass is 35.5. The third-order valence-corrected chi connectivity index (χ3v) is 7.79. The predicted octanol–water partition coefficient (Wildman–Crippen LogP) is 5.25. The first-order chi connectivity index (χ1) is 16.5. The van der Waals surface area contributed by atoms with Crippen molar-refractivity contribution >= 4 is 50.5 Å². The summed E-state index contributed by atoms with van der Waals surface area (Å²) in [6.07, 6.45) is 2.56. The fraction of sp³-hybridized carbons (Fsp3) is 0.250. The second-order valence-electron chi connectivity index (χ2n) is 8.42. The fourth-order valence-corrected chi connectivity index (χ4v) is 5.34. The first-order valence-electron chi connectivity index (χ1n) is 10.8. The van der Waals surface area contributed by atoms with E-state index in [2.05, 4.69) is 10.3 Å². The molecule has 0 spiro atoms. The normalized spacial score (nSPS) is 14.7. The minimum Gasteiger partial charge on any atom is -0.353 e. The molecule has 1 saturated heterocycles. The van der Waals surface area contributed by atoms with Crippen molar-refractivity contribution in [1.82, 2.24) is 9.88 Å². The van der Waals surface area contributed by atoms with Crippen molar-refractivity contribution < 1.29 is 17.6 Å². The molecule has 11 heteroatoms. The van der Waals surface area contributed by atoms with E-state index in [0.717, 1.165) is 17.3 Å². The number of nitrogens with one attached hydrogen (secondary N) is 1.